The fourth-order valence-corrected chi connectivity index (χ4v) is 1.96. The third kappa shape index (κ3) is 2.70. The maximum atomic E-state index is 11.8. The Labute approximate surface area is 110 Å². The first-order chi connectivity index (χ1) is 8.99. The van der Waals surface area contributed by atoms with Gasteiger partial charge in [-0.1, -0.05) is 12.1 Å². The van der Waals surface area contributed by atoms with Crippen LogP contribution in [-0.2, 0) is 6.54 Å². The number of nitro benzene ring substituents is 1. The van der Waals surface area contributed by atoms with E-state index in [4.69, 9.17) is 0 Å². The van der Waals surface area contributed by atoms with Crippen molar-refractivity contribution in [3.8, 4) is 0 Å². The summed E-state index contributed by atoms with van der Waals surface area (Å²) in [5.41, 5.74) is 2.25. The molecule has 1 heterocycles. The molecule has 19 heavy (non-hydrogen) atoms. The number of benzene rings is 1. The first kappa shape index (κ1) is 13.0. The van der Waals surface area contributed by atoms with Crippen LogP contribution in [0.1, 0.15) is 16.7 Å². The van der Waals surface area contributed by atoms with Gasteiger partial charge in [-0.25, -0.2) is 0 Å². The molecule has 0 radical (unpaired) electrons. The second-order valence-corrected chi connectivity index (χ2v) is 4.49. The van der Waals surface area contributed by atoms with Gasteiger partial charge in [0.2, 0.25) is 0 Å². The average Bonchev–Trinajstić information content (AvgIpc) is 2.34. The standard InChI is InChI=1S/C14H14N2O3/c1-10-6-7-15(14(17)8-10)9-12-4-3-5-13(11(12)2)16(18)19/h3-8H,9H2,1-2H3. The van der Waals surface area contributed by atoms with E-state index < -0.39 is 4.92 Å². The molecule has 98 valence electrons. The maximum absolute atomic E-state index is 11.8. The zero-order chi connectivity index (χ0) is 14.0. The largest absolute Gasteiger partial charge is 0.311 e. The highest BCUT2D eigenvalue weighted by molar-refractivity contribution is 5.44. The normalized spacial score (nSPS) is 10.4. The van der Waals surface area contributed by atoms with Crippen molar-refractivity contribution in [3.05, 3.63) is 73.7 Å². The van der Waals surface area contributed by atoms with Gasteiger partial charge in [0.25, 0.3) is 11.2 Å². The summed E-state index contributed by atoms with van der Waals surface area (Å²) in [6.45, 7) is 3.89. The lowest BCUT2D eigenvalue weighted by Gasteiger charge is -2.09. The molecule has 0 amide bonds. The highest BCUT2D eigenvalue weighted by Gasteiger charge is 2.13. The zero-order valence-corrected chi connectivity index (χ0v) is 10.8. The van der Waals surface area contributed by atoms with Gasteiger partial charge in [0, 0.05) is 23.9 Å². The minimum atomic E-state index is -0.406. The Balaban J connectivity index is 2.41. The molecule has 0 bridgehead atoms. The van der Waals surface area contributed by atoms with E-state index in [1.165, 1.54) is 6.07 Å². The summed E-state index contributed by atoms with van der Waals surface area (Å²) in [7, 11) is 0. The number of hydrogen-bond donors (Lipinski definition) is 0. The van der Waals surface area contributed by atoms with Crippen LogP contribution < -0.4 is 5.56 Å². The van der Waals surface area contributed by atoms with Crippen molar-refractivity contribution in [1.29, 1.82) is 0 Å². The summed E-state index contributed by atoms with van der Waals surface area (Å²) in [4.78, 5) is 22.3. The van der Waals surface area contributed by atoms with Crippen molar-refractivity contribution < 1.29 is 4.92 Å². The molecule has 0 unspecified atom stereocenters. The summed E-state index contributed by atoms with van der Waals surface area (Å²) < 4.78 is 1.54. The molecular weight excluding hydrogens is 244 g/mol. The van der Waals surface area contributed by atoms with Crippen LogP contribution in [0.3, 0.4) is 0 Å². The number of rotatable bonds is 3. The average molecular weight is 258 g/mol. The lowest BCUT2D eigenvalue weighted by atomic mass is 10.1. The molecule has 0 atom stereocenters. The van der Waals surface area contributed by atoms with Crippen LogP contribution >= 0.6 is 0 Å². The molecule has 0 saturated carbocycles. The molecule has 5 nitrogen and oxygen atoms in total. The predicted octanol–water partition coefficient (Wildman–Crippen LogP) is 2.42. The van der Waals surface area contributed by atoms with Gasteiger partial charge >= 0.3 is 0 Å². The second kappa shape index (κ2) is 5.06. The molecule has 0 spiro atoms. The third-order valence-electron chi connectivity index (χ3n) is 3.11. The van der Waals surface area contributed by atoms with E-state index in [2.05, 4.69) is 0 Å². The fraction of sp³-hybridized carbons (Fsp3) is 0.214. The van der Waals surface area contributed by atoms with Crippen molar-refractivity contribution in [3.63, 3.8) is 0 Å². The minimum Gasteiger partial charge on any atom is -0.311 e. The van der Waals surface area contributed by atoms with Crippen molar-refractivity contribution in [1.82, 2.24) is 4.57 Å². The number of pyridine rings is 1. The van der Waals surface area contributed by atoms with Crippen LogP contribution in [0.5, 0.6) is 0 Å². The van der Waals surface area contributed by atoms with Gasteiger partial charge in [-0.2, -0.15) is 0 Å². The molecule has 2 rings (SSSR count). The molecule has 1 aromatic heterocycles. The van der Waals surface area contributed by atoms with E-state index in [1.54, 1.807) is 35.9 Å². The Kier molecular flexibility index (Phi) is 3.46. The zero-order valence-electron chi connectivity index (χ0n) is 10.8. The fourth-order valence-electron chi connectivity index (χ4n) is 1.96. The van der Waals surface area contributed by atoms with Gasteiger partial charge in [0.15, 0.2) is 0 Å². The van der Waals surface area contributed by atoms with Crippen LogP contribution in [0.15, 0.2) is 41.3 Å². The molecular formula is C14H14N2O3. The van der Waals surface area contributed by atoms with E-state index in [-0.39, 0.29) is 11.2 Å². The maximum Gasteiger partial charge on any atom is 0.272 e. The first-order valence-electron chi connectivity index (χ1n) is 5.89. The molecule has 0 fully saturated rings. The van der Waals surface area contributed by atoms with Gasteiger partial charge in [0.1, 0.15) is 0 Å². The van der Waals surface area contributed by atoms with E-state index in [1.807, 2.05) is 13.0 Å². The van der Waals surface area contributed by atoms with E-state index >= 15 is 0 Å². The number of hydrogen-bond acceptors (Lipinski definition) is 3. The molecule has 0 N–H and O–H groups in total. The monoisotopic (exact) mass is 258 g/mol. The van der Waals surface area contributed by atoms with Crippen LogP contribution in [0.2, 0.25) is 0 Å². The molecule has 5 heteroatoms. The summed E-state index contributed by atoms with van der Waals surface area (Å²) in [6, 6.07) is 8.30. The van der Waals surface area contributed by atoms with E-state index in [9.17, 15) is 14.9 Å². The molecule has 2 aromatic rings. The van der Waals surface area contributed by atoms with Gasteiger partial charge in [-0.15, -0.1) is 0 Å². The van der Waals surface area contributed by atoms with Gasteiger partial charge in [0.05, 0.1) is 11.5 Å². The summed E-state index contributed by atoms with van der Waals surface area (Å²) in [5.74, 6) is 0. The summed E-state index contributed by atoms with van der Waals surface area (Å²) in [5, 5.41) is 10.9. The van der Waals surface area contributed by atoms with E-state index in [0.29, 0.717) is 12.1 Å². The smallest absolute Gasteiger partial charge is 0.272 e. The number of aryl methyl sites for hydroxylation is 1. The highest BCUT2D eigenvalue weighted by Crippen LogP contribution is 2.21. The molecule has 0 saturated heterocycles. The Morgan fingerprint density at radius 1 is 1.26 bits per heavy atom. The Hall–Kier alpha value is -2.43. The van der Waals surface area contributed by atoms with Crippen molar-refractivity contribution in [2.45, 2.75) is 20.4 Å². The molecule has 0 aliphatic heterocycles. The van der Waals surface area contributed by atoms with Crippen LogP contribution in [0.4, 0.5) is 5.69 Å². The highest BCUT2D eigenvalue weighted by atomic mass is 16.6. The molecule has 0 aliphatic carbocycles. The minimum absolute atomic E-state index is 0.0812. The summed E-state index contributed by atoms with van der Waals surface area (Å²) >= 11 is 0. The van der Waals surface area contributed by atoms with Crippen molar-refractivity contribution in [2.24, 2.45) is 0 Å². The molecule has 0 aliphatic rings. The Bertz CT molecular complexity index is 689. The van der Waals surface area contributed by atoms with Crippen LogP contribution in [0.25, 0.3) is 0 Å². The number of nitro groups is 1. The quantitative estimate of drug-likeness (QED) is 0.627. The Morgan fingerprint density at radius 3 is 2.63 bits per heavy atom. The van der Waals surface area contributed by atoms with Crippen LogP contribution in [-0.4, -0.2) is 9.49 Å². The number of aromatic nitrogens is 1. The predicted molar refractivity (Wildman–Crippen MR) is 72.4 cm³/mol. The van der Waals surface area contributed by atoms with Crippen LogP contribution in [0, 0.1) is 24.0 Å². The Morgan fingerprint density at radius 2 is 2.00 bits per heavy atom. The first-order valence-corrected chi connectivity index (χ1v) is 5.89. The van der Waals surface area contributed by atoms with Crippen molar-refractivity contribution in [2.75, 3.05) is 0 Å². The summed E-state index contributed by atoms with van der Waals surface area (Å²) in [6.07, 6.45) is 1.70. The number of nitrogens with zero attached hydrogens (tertiary/aromatic N) is 2. The third-order valence-corrected chi connectivity index (χ3v) is 3.11. The molecule has 1 aromatic carbocycles. The lowest BCUT2D eigenvalue weighted by Crippen LogP contribution is -2.19. The van der Waals surface area contributed by atoms with Gasteiger partial charge in [-0.05, 0) is 31.0 Å². The van der Waals surface area contributed by atoms with E-state index in [0.717, 1.165) is 11.1 Å². The van der Waals surface area contributed by atoms with Gasteiger partial charge < -0.3 is 4.57 Å². The SMILES string of the molecule is Cc1ccn(Cc2cccc([N+](=O)[O-])c2C)c(=O)c1. The van der Waals surface area contributed by atoms with Crippen molar-refractivity contribution >= 4 is 5.69 Å². The topological polar surface area (TPSA) is 65.1 Å². The lowest BCUT2D eigenvalue weighted by molar-refractivity contribution is -0.385. The second-order valence-electron chi connectivity index (χ2n) is 4.49. The van der Waals surface area contributed by atoms with Gasteiger partial charge in [-0.3, -0.25) is 14.9 Å².